The monoisotopic (exact) mass is 405 g/mol. The highest BCUT2D eigenvalue weighted by molar-refractivity contribution is 5.85. The number of piperidine rings is 1. The summed E-state index contributed by atoms with van der Waals surface area (Å²) in [5.74, 6) is 1.14. The van der Waals surface area contributed by atoms with Crippen molar-refractivity contribution < 1.29 is 9.59 Å². The van der Waals surface area contributed by atoms with Crippen LogP contribution in [0, 0.1) is 17.3 Å². The summed E-state index contributed by atoms with van der Waals surface area (Å²) < 4.78 is 0. The average molecular weight is 406 g/mol. The van der Waals surface area contributed by atoms with Crippen molar-refractivity contribution in [2.45, 2.75) is 39.5 Å². The average Bonchev–Trinajstić information content (AvgIpc) is 3.51. The van der Waals surface area contributed by atoms with Gasteiger partial charge in [0.2, 0.25) is 11.8 Å². The third-order valence-corrected chi connectivity index (χ3v) is 6.79. The number of benzene rings is 1. The van der Waals surface area contributed by atoms with Gasteiger partial charge in [0.05, 0.1) is 5.41 Å². The van der Waals surface area contributed by atoms with Crippen molar-refractivity contribution in [3.8, 4) is 11.1 Å². The first-order chi connectivity index (χ1) is 14.5. The molecule has 0 bridgehead atoms. The van der Waals surface area contributed by atoms with Crippen LogP contribution in [0.2, 0.25) is 0 Å². The third kappa shape index (κ3) is 4.25. The summed E-state index contributed by atoms with van der Waals surface area (Å²) in [6.45, 7) is 6.08. The van der Waals surface area contributed by atoms with Crippen molar-refractivity contribution in [2.75, 3.05) is 19.6 Å². The number of hydrogen-bond donors (Lipinski definition) is 1. The summed E-state index contributed by atoms with van der Waals surface area (Å²) >= 11 is 0. The number of carbonyl (C=O) groups excluding carboxylic acids is 2. The first kappa shape index (κ1) is 20.6. The smallest absolute Gasteiger partial charge is 0.226 e. The molecule has 1 aromatic heterocycles. The van der Waals surface area contributed by atoms with E-state index >= 15 is 0 Å². The van der Waals surface area contributed by atoms with Gasteiger partial charge >= 0.3 is 0 Å². The molecular weight excluding hydrogens is 374 g/mol. The maximum atomic E-state index is 13.1. The Labute approximate surface area is 178 Å². The number of aromatic nitrogens is 1. The summed E-state index contributed by atoms with van der Waals surface area (Å²) in [5, 5.41) is 3.05. The molecule has 5 heteroatoms. The van der Waals surface area contributed by atoms with Gasteiger partial charge in [-0.25, -0.2) is 0 Å². The lowest BCUT2D eigenvalue weighted by Crippen LogP contribution is -2.51. The second-order valence-electron chi connectivity index (χ2n) is 8.89. The van der Waals surface area contributed by atoms with Crippen LogP contribution in [0.25, 0.3) is 11.1 Å². The van der Waals surface area contributed by atoms with E-state index in [0.717, 1.165) is 36.0 Å². The Morgan fingerprint density at radius 2 is 1.67 bits per heavy atom. The number of nitrogens with one attached hydrogen (secondary N) is 1. The molecule has 1 saturated carbocycles. The van der Waals surface area contributed by atoms with Crippen molar-refractivity contribution in [1.82, 2.24) is 15.2 Å². The molecular formula is C25H31N3O2. The van der Waals surface area contributed by atoms with E-state index in [1.807, 2.05) is 24.0 Å². The van der Waals surface area contributed by atoms with Crippen LogP contribution < -0.4 is 5.32 Å². The van der Waals surface area contributed by atoms with Gasteiger partial charge in [-0.3, -0.25) is 14.6 Å². The van der Waals surface area contributed by atoms with E-state index in [2.05, 4.69) is 41.5 Å². The quantitative estimate of drug-likeness (QED) is 0.797. The maximum absolute atomic E-state index is 13.1. The van der Waals surface area contributed by atoms with E-state index < -0.39 is 5.41 Å². The standard InChI is InChI=1S/C25H31N3O2/c1-3-27-24(30)25(10-14-28(15-11-25)23(29)22-16-18(22)2)17-19-4-6-20(7-5-19)21-8-12-26-13-9-21/h4-9,12-13,18,22H,3,10-11,14-17H2,1-2H3,(H,27,30)/t18-,22-/m0/s1. The molecule has 1 aliphatic heterocycles. The Morgan fingerprint density at radius 1 is 1.07 bits per heavy atom. The Morgan fingerprint density at radius 3 is 2.23 bits per heavy atom. The van der Waals surface area contributed by atoms with Crippen LogP contribution >= 0.6 is 0 Å². The summed E-state index contributed by atoms with van der Waals surface area (Å²) in [6.07, 6.45) is 6.75. The van der Waals surface area contributed by atoms with Crippen molar-refractivity contribution in [3.05, 3.63) is 54.4 Å². The molecule has 1 N–H and O–H groups in total. The van der Waals surface area contributed by atoms with Crippen LogP contribution in [0.15, 0.2) is 48.8 Å². The van der Waals surface area contributed by atoms with Gasteiger partial charge in [-0.1, -0.05) is 31.2 Å². The molecule has 2 fully saturated rings. The summed E-state index contributed by atoms with van der Waals surface area (Å²) in [5.41, 5.74) is 3.00. The van der Waals surface area contributed by atoms with Gasteiger partial charge in [-0.2, -0.15) is 0 Å². The molecule has 5 nitrogen and oxygen atoms in total. The van der Waals surface area contributed by atoms with Gasteiger partial charge in [0, 0.05) is 37.9 Å². The predicted octanol–water partition coefficient (Wildman–Crippen LogP) is 3.69. The fraction of sp³-hybridized carbons (Fsp3) is 0.480. The van der Waals surface area contributed by atoms with Gasteiger partial charge in [0.25, 0.3) is 0 Å². The summed E-state index contributed by atoms with van der Waals surface area (Å²) in [6, 6.07) is 12.5. The van der Waals surface area contributed by atoms with E-state index in [9.17, 15) is 9.59 Å². The second kappa shape index (κ2) is 8.58. The molecule has 2 heterocycles. The first-order valence-electron chi connectivity index (χ1n) is 11.1. The molecule has 2 atom stereocenters. The van der Waals surface area contributed by atoms with Crippen LogP contribution in [-0.4, -0.2) is 41.3 Å². The number of rotatable bonds is 6. The van der Waals surface area contributed by atoms with Crippen molar-refractivity contribution in [2.24, 2.45) is 17.3 Å². The Kier molecular flexibility index (Phi) is 5.89. The highest BCUT2D eigenvalue weighted by Crippen LogP contribution is 2.42. The molecule has 0 spiro atoms. The lowest BCUT2D eigenvalue weighted by molar-refractivity contribution is -0.141. The fourth-order valence-electron chi connectivity index (χ4n) is 4.64. The normalized spacial score (nSPS) is 22.4. The summed E-state index contributed by atoms with van der Waals surface area (Å²) in [4.78, 5) is 31.8. The predicted molar refractivity (Wildman–Crippen MR) is 118 cm³/mol. The molecule has 2 aliphatic rings. The number of amides is 2. The maximum Gasteiger partial charge on any atom is 0.226 e. The van der Waals surface area contributed by atoms with Crippen molar-refractivity contribution in [1.29, 1.82) is 0 Å². The zero-order valence-electron chi connectivity index (χ0n) is 17.9. The topological polar surface area (TPSA) is 62.3 Å². The Bertz CT molecular complexity index is 886. The zero-order valence-corrected chi connectivity index (χ0v) is 17.9. The first-order valence-corrected chi connectivity index (χ1v) is 11.1. The molecule has 0 radical (unpaired) electrons. The van der Waals surface area contributed by atoms with Gasteiger partial charge in [-0.05, 0) is 67.3 Å². The number of pyridine rings is 1. The minimum atomic E-state index is -0.444. The van der Waals surface area contributed by atoms with E-state index in [-0.39, 0.29) is 17.7 Å². The van der Waals surface area contributed by atoms with Crippen molar-refractivity contribution in [3.63, 3.8) is 0 Å². The molecule has 158 valence electrons. The molecule has 1 aliphatic carbocycles. The second-order valence-corrected chi connectivity index (χ2v) is 8.89. The SMILES string of the molecule is CCNC(=O)C1(Cc2ccc(-c3ccncc3)cc2)CCN(C(=O)[C@H]2C[C@@H]2C)CC1. The van der Waals surface area contributed by atoms with Gasteiger partial charge in [-0.15, -0.1) is 0 Å². The lowest BCUT2D eigenvalue weighted by atomic mass is 9.72. The Hall–Kier alpha value is -2.69. The van der Waals surface area contributed by atoms with Gasteiger partial charge in [0.1, 0.15) is 0 Å². The highest BCUT2D eigenvalue weighted by Gasteiger charge is 2.46. The van der Waals surface area contributed by atoms with Crippen LogP contribution in [0.5, 0.6) is 0 Å². The van der Waals surface area contributed by atoms with Crippen LogP contribution in [0.1, 0.15) is 38.7 Å². The zero-order chi connectivity index (χ0) is 21.1. The molecule has 2 aromatic rings. The largest absolute Gasteiger partial charge is 0.356 e. The highest BCUT2D eigenvalue weighted by atomic mass is 16.2. The number of hydrogen-bond acceptors (Lipinski definition) is 3. The third-order valence-electron chi connectivity index (χ3n) is 6.79. The van der Waals surface area contributed by atoms with Crippen LogP contribution in [-0.2, 0) is 16.0 Å². The molecule has 1 saturated heterocycles. The number of nitrogens with zero attached hydrogens (tertiary/aromatic N) is 2. The van der Waals surface area contributed by atoms with E-state index in [4.69, 9.17) is 0 Å². The lowest BCUT2D eigenvalue weighted by Gasteiger charge is -2.41. The van der Waals surface area contributed by atoms with E-state index in [1.54, 1.807) is 12.4 Å². The molecule has 2 amide bonds. The molecule has 0 unspecified atom stereocenters. The molecule has 30 heavy (non-hydrogen) atoms. The number of carbonyl (C=O) groups is 2. The minimum absolute atomic E-state index is 0.120. The van der Waals surface area contributed by atoms with Gasteiger partial charge < -0.3 is 10.2 Å². The van der Waals surface area contributed by atoms with Crippen LogP contribution in [0.4, 0.5) is 0 Å². The minimum Gasteiger partial charge on any atom is -0.356 e. The molecule has 4 rings (SSSR count). The number of likely N-dealkylation sites (tertiary alicyclic amines) is 1. The summed E-state index contributed by atoms with van der Waals surface area (Å²) in [7, 11) is 0. The van der Waals surface area contributed by atoms with Crippen LogP contribution in [0.3, 0.4) is 0 Å². The fourth-order valence-corrected chi connectivity index (χ4v) is 4.64. The Balaban J connectivity index is 1.48. The van der Waals surface area contributed by atoms with E-state index in [0.29, 0.717) is 32.0 Å². The van der Waals surface area contributed by atoms with Gasteiger partial charge in [0.15, 0.2) is 0 Å². The van der Waals surface area contributed by atoms with E-state index in [1.165, 1.54) is 0 Å². The van der Waals surface area contributed by atoms with Crippen molar-refractivity contribution >= 4 is 11.8 Å². The molecule has 1 aromatic carbocycles.